The van der Waals surface area contributed by atoms with Gasteiger partial charge >= 0.3 is 0 Å². The highest BCUT2D eigenvalue weighted by Crippen LogP contribution is 2.27. The number of aryl methyl sites for hydroxylation is 1. The molecule has 1 saturated carbocycles. The molecule has 3 atom stereocenters. The number of aliphatic hydroxyl groups is 1. The van der Waals surface area contributed by atoms with E-state index in [2.05, 4.69) is 22.6 Å². The predicted octanol–water partition coefficient (Wildman–Crippen LogP) is 2.26. The molecule has 2 N–H and O–H groups in total. The van der Waals surface area contributed by atoms with E-state index >= 15 is 0 Å². The second kappa shape index (κ2) is 5.25. The van der Waals surface area contributed by atoms with Gasteiger partial charge in [0, 0.05) is 24.1 Å². The molecule has 0 spiro atoms. The third kappa shape index (κ3) is 2.62. The van der Waals surface area contributed by atoms with E-state index in [0.29, 0.717) is 24.6 Å². The van der Waals surface area contributed by atoms with Crippen molar-refractivity contribution >= 4 is 11.3 Å². The van der Waals surface area contributed by atoms with Gasteiger partial charge in [0.15, 0.2) is 0 Å². The van der Waals surface area contributed by atoms with E-state index < -0.39 is 0 Å². The summed E-state index contributed by atoms with van der Waals surface area (Å²) in [7, 11) is 0. The zero-order chi connectivity index (χ0) is 11.5. The molecule has 0 amide bonds. The van der Waals surface area contributed by atoms with Crippen LogP contribution in [0, 0.1) is 12.8 Å². The van der Waals surface area contributed by atoms with E-state index in [1.165, 1.54) is 12.8 Å². The van der Waals surface area contributed by atoms with E-state index in [0.717, 1.165) is 17.1 Å². The first-order valence-corrected chi connectivity index (χ1v) is 6.87. The quantitative estimate of drug-likeness (QED) is 0.848. The van der Waals surface area contributed by atoms with E-state index in [9.17, 15) is 5.11 Å². The Morgan fingerprint density at radius 2 is 2.44 bits per heavy atom. The Labute approximate surface area is 101 Å². The van der Waals surface area contributed by atoms with Crippen molar-refractivity contribution in [2.45, 2.75) is 45.2 Å². The average Bonchev–Trinajstić information content (AvgIpc) is 2.86. The van der Waals surface area contributed by atoms with Gasteiger partial charge in [-0.2, -0.15) is 0 Å². The molecule has 90 valence electrons. The molecular formula is C12H20N2OS. The van der Waals surface area contributed by atoms with Crippen molar-refractivity contribution in [2.24, 2.45) is 5.92 Å². The van der Waals surface area contributed by atoms with Gasteiger partial charge in [-0.05, 0) is 32.6 Å². The summed E-state index contributed by atoms with van der Waals surface area (Å²) >= 11 is 1.70. The maximum atomic E-state index is 9.27. The van der Waals surface area contributed by atoms with Crippen molar-refractivity contribution < 1.29 is 5.11 Å². The number of hydrogen-bond donors (Lipinski definition) is 2. The Morgan fingerprint density at radius 1 is 1.62 bits per heavy atom. The lowest BCUT2D eigenvalue weighted by Gasteiger charge is -2.22. The monoisotopic (exact) mass is 240 g/mol. The van der Waals surface area contributed by atoms with E-state index in [1.54, 1.807) is 11.3 Å². The van der Waals surface area contributed by atoms with E-state index in [4.69, 9.17) is 0 Å². The van der Waals surface area contributed by atoms with Gasteiger partial charge in [-0.25, -0.2) is 4.98 Å². The Balaban J connectivity index is 1.94. The van der Waals surface area contributed by atoms with Crippen LogP contribution in [-0.2, 0) is 0 Å². The molecule has 2 rings (SSSR count). The Hall–Kier alpha value is -0.450. The highest BCUT2D eigenvalue weighted by molar-refractivity contribution is 7.09. The molecule has 3 nitrogen and oxygen atoms in total. The van der Waals surface area contributed by atoms with Crippen LogP contribution in [0.3, 0.4) is 0 Å². The molecule has 0 aromatic carbocycles. The maximum absolute atomic E-state index is 9.27. The topological polar surface area (TPSA) is 45.2 Å². The highest BCUT2D eigenvalue weighted by atomic mass is 32.1. The lowest BCUT2D eigenvalue weighted by molar-refractivity contribution is 0.200. The first-order chi connectivity index (χ1) is 7.70. The van der Waals surface area contributed by atoms with Gasteiger partial charge < -0.3 is 10.4 Å². The minimum Gasteiger partial charge on any atom is -0.396 e. The van der Waals surface area contributed by atoms with Crippen molar-refractivity contribution in [1.82, 2.24) is 10.3 Å². The Kier molecular flexibility index (Phi) is 3.95. The van der Waals surface area contributed by atoms with Crippen molar-refractivity contribution in [3.05, 3.63) is 16.1 Å². The third-order valence-corrected chi connectivity index (χ3v) is 4.23. The van der Waals surface area contributed by atoms with Gasteiger partial charge in [0.2, 0.25) is 0 Å². The van der Waals surface area contributed by atoms with Gasteiger partial charge in [-0.1, -0.05) is 6.42 Å². The summed E-state index contributed by atoms with van der Waals surface area (Å²) in [6.45, 7) is 4.49. The van der Waals surface area contributed by atoms with Crippen LogP contribution < -0.4 is 5.32 Å². The van der Waals surface area contributed by atoms with Crippen LogP contribution in [0.1, 0.15) is 42.9 Å². The van der Waals surface area contributed by atoms with Crippen molar-refractivity contribution in [3.8, 4) is 0 Å². The maximum Gasteiger partial charge on any atom is 0.0898 e. The van der Waals surface area contributed by atoms with Crippen molar-refractivity contribution in [3.63, 3.8) is 0 Å². The zero-order valence-corrected chi connectivity index (χ0v) is 10.8. The second-order valence-corrected chi connectivity index (χ2v) is 5.72. The van der Waals surface area contributed by atoms with Crippen LogP contribution in [0.15, 0.2) is 5.38 Å². The minimum absolute atomic E-state index is 0.294. The van der Waals surface area contributed by atoms with Crippen molar-refractivity contribution in [1.29, 1.82) is 0 Å². The van der Waals surface area contributed by atoms with Crippen LogP contribution >= 0.6 is 11.3 Å². The largest absolute Gasteiger partial charge is 0.396 e. The standard InChI is InChI=1S/C12H20N2OS/c1-8(12-7-16-9(2)14-12)13-11-5-3-4-10(11)6-15/h7-8,10-11,13,15H,3-6H2,1-2H3. The summed E-state index contributed by atoms with van der Waals surface area (Å²) < 4.78 is 0. The van der Waals surface area contributed by atoms with E-state index in [-0.39, 0.29) is 0 Å². The number of aromatic nitrogens is 1. The van der Waals surface area contributed by atoms with Gasteiger partial charge in [-0.3, -0.25) is 0 Å². The second-order valence-electron chi connectivity index (χ2n) is 4.66. The number of rotatable bonds is 4. The lowest BCUT2D eigenvalue weighted by Crippen LogP contribution is -2.36. The molecule has 1 aliphatic carbocycles. The summed E-state index contributed by atoms with van der Waals surface area (Å²) in [5, 5.41) is 16.1. The molecule has 1 aromatic rings. The molecule has 1 heterocycles. The van der Waals surface area contributed by atoms with Gasteiger partial charge in [0.05, 0.1) is 10.7 Å². The first-order valence-electron chi connectivity index (χ1n) is 5.99. The molecule has 0 bridgehead atoms. The van der Waals surface area contributed by atoms with Gasteiger partial charge in [0.25, 0.3) is 0 Å². The molecule has 16 heavy (non-hydrogen) atoms. The van der Waals surface area contributed by atoms with Crippen LogP contribution in [-0.4, -0.2) is 22.7 Å². The molecule has 4 heteroatoms. The Morgan fingerprint density at radius 3 is 3.06 bits per heavy atom. The number of hydrogen-bond acceptors (Lipinski definition) is 4. The number of nitrogens with zero attached hydrogens (tertiary/aromatic N) is 1. The molecule has 3 unspecified atom stereocenters. The van der Waals surface area contributed by atoms with E-state index in [1.807, 2.05) is 6.92 Å². The normalized spacial score (nSPS) is 27.2. The predicted molar refractivity (Wildman–Crippen MR) is 66.6 cm³/mol. The van der Waals surface area contributed by atoms with Crippen LogP contribution in [0.2, 0.25) is 0 Å². The first kappa shape index (κ1) is 12.0. The molecule has 0 saturated heterocycles. The summed E-state index contributed by atoms with van der Waals surface area (Å²) in [6.07, 6.45) is 3.56. The highest BCUT2D eigenvalue weighted by Gasteiger charge is 2.28. The SMILES string of the molecule is Cc1nc(C(C)NC2CCCC2CO)cs1. The molecule has 1 aromatic heterocycles. The number of aliphatic hydroxyl groups excluding tert-OH is 1. The minimum atomic E-state index is 0.294. The summed E-state index contributed by atoms with van der Waals surface area (Å²) in [5.41, 5.74) is 1.13. The molecule has 1 fully saturated rings. The summed E-state index contributed by atoms with van der Waals surface area (Å²) in [5.74, 6) is 0.433. The fourth-order valence-corrected chi connectivity index (χ4v) is 3.17. The fourth-order valence-electron chi connectivity index (χ4n) is 2.46. The third-order valence-electron chi connectivity index (χ3n) is 3.44. The lowest BCUT2D eigenvalue weighted by atomic mass is 10.0. The van der Waals surface area contributed by atoms with Crippen LogP contribution in [0.25, 0.3) is 0 Å². The number of thiazole rings is 1. The zero-order valence-electron chi connectivity index (χ0n) is 9.94. The molecule has 1 aliphatic rings. The average molecular weight is 240 g/mol. The van der Waals surface area contributed by atoms with Gasteiger partial charge in [-0.15, -0.1) is 11.3 Å². The number of nitrogens with one attached hydrogen (secondary N) is 1. The molecule has 0 aliphatic heterocycles. The molecule has 0 radical (unpaired) electrons. The fraction of sp³-hybridized carbons (Fsp3) is 0.750. The summed E-state index contributed by atoms with van der Waals surface area (Å²) in [6, 6.07) is 0.754. The van der Waals surface area contributed by atoms with Crippen LogP contribution in [0.5, 0.6) is 0 Å². The van der Waals surface area contributed by atoms with Gasteiger partial charge in [0.1, 0.15) is 0 Å². The van der Waals surface area contributed by atoms with Crippen LogP contribution in [0.4, 0.5) is 0 Å². The smallest absolute Gasteiger partial charge is 0.0898 e. The Bertz CT molecular complexity index is 340. The summed E-state index contributed by atoms with van der Waals surface area (Å²) in [4.78, 5) is 4.50. The van der Waals surface area contributed by atoms with Crippen molar-refractivity contribution in [2.75, 3.05) is 6.61 Å². The molecular weight excluding hydrogens is 220 g/mol.